The smallest absolute Gasteiger partial charge is 0.108 e. The van der Waals surface area contributed by atoms with E-state index >= 15 is 0 Å². The summed E-state index contributed by atoms with van der Waals surface area (Å²) < 4.78 is 0. The van der Waals surface area contributed by atoms with Crippen LogP contribution in [-0.4, -0.2) is 19.9 Å². The van der Waals surface area contributed by atoms with Gasteiger partial charge in [0.15, 0.2) is 0 Å². The van der Waals surface area contributed by atoms with Crippen molar-refractivity contribution in [2.45, 2.75) is 27.7 Å². The molecule has 0 radical (unpaired) electrons. The lowest BCUT2D eigenvalue weighted by atomic mass is 10.3. The average Bonchev–Trinajstić information content (AvgIpc) is 2.39. The lowest BCUT2D eigenvalue weighted by molar-refractivity contribution is 1.18. The Labute approximate surface area is 106 Å². The summed E-state index contributed by atoms with van der Waals surface area (Å²) in [5.41, 5.74) is 5.27. The SMILES string of the molecule is CC.Cc1cc2nc3cnc(C)cc3nc2cn1. The molecule has 18 heavy (non-hydrogen) atoms. The highest BCUT2D eigenvalue weighted by molar-refractivity contribution is 5.85. The quantitative estimate of drug-likeness (QED) is 0.566. The van der Waals surface area contributed by atoms with Gasteiger partial charge in [0.25, 0.3) is 0 Å². The van der Waals surface area contributed by atoms with E-state index in [0.717, 1.165) is 33.5 Å². The molecule has 0 bridgehead atoms. The molecule has 0 aromatic carbocycles. The normalized spacial score (nSPS) is 10.2. The van der Waals surface area contributed by atoms with Gasteiger partial charge in [0.2, 0.25) is 0 Å². The molecule has 3 aromatic rings. The standard InChI is InChI=1S/C12H10N4.C2H6/c1-7-3-9-11(5-13-7)16-10-4-8(2)14-6-12(10)15-9;1-2/h3-6H,1-2H3;1-2H3. The Balaban J connectivity index is 0.000000574. The lowest BCUT2D eigenvalue weighted by Gasteiger charge is -2.01. The summed E-state index contributed by atoms with van der Waals surface area (Å²) in [5, 5.41) is 0. The van der Waals surface area contributed by atoms with E-state index < -0.39 is 0 Å². The van der Waals surface area contributed by atoms with Crippen LogP contribution < -0.4 is 0 Å². The maximum atomic E-state index is 4.51. The monoisotopic (exact) mass is 240 g/mol. The van der Waals surface area contributed by atoms with Crippen molar-refractivity contribution in [3.63, 3.8) is 0 Å². The minimum atomic E-state index is 0.823. The van der Waals surface area contributed by atoms with E-state index in [2.05, 4.69) is 19.9 Å². The van der Waals surface area contributed by atoms with Crippen LogP contribution in [0.3, 0.4) is 0 Å². The Morgan fingerprint density at radius 3 is 1.44 bits per heavy atom. The number of rotatable bonds is 0. The molecule has 0 saturated heterocycles. The zero-order valence-corrected chi connectivity index (χ0v) is 11.1. The summed E-state index contributed by atoms with van der Waals surface area (Å²) >= 11 is 0. The van der Waals surface area contributed by atoms with Crippen LogP contribution in [0.1, 0.15) is 25.2 Å². The van der Waals surface area contributed by atoms with Crippen molar-refractivity contribution in [2.75, 3.05) is 0 Å². The van der Waals surface area contributed by atoms with Gasteiger partial charge in [0, 0.05) is 11.4 Å². The topological polar surface area (TPSA) is 51.6 Å². The molecule has 4 heteroatoms. The largest absolute Gasteiger partial charge is 0.259 e. The predicted molar refractivity (Wildman–Crippen MR) is 73.5 cm³/mol. The minimum Gasteiger partial charge on any atom is -0.259 e. The maximum Gasteiger partial charge on any atom is 0.108 e. The summed E-state index contributed by atoms with van der Waals surface area (Å²) in [6, 6.07) is 3.86. The number of hydrogen-bond donors (Lipinski definition) is 0. The third-order valence-electron chi connectivity index (χ3n) is 2.48. The molecule has 0 fully saturated rings. The Morgan fingerprint density at radius 1 is 0.667 bits per heavy atom. The van der Waals surface area contributed by atoms with Crippen molar-refractivity contribution in [1.29, 1.82) is 0 Å². The van der Waals surface area contributed by atoms with E-state index in [-0.39, 0.29) is 0 Å². The van der Waals surface area contributed by atoms with Gasteiger partial charge >= 0.3 is 0 Å². The third-order valence-corrected chi connectivity index (χ3v) is 2.48. The first-order valence-corrected chi connectivity index (χ1v) is 6.09. The molecule has 0 atom stereocenters. The number of pyridine rings is 2. The molecule has 3 rings (SSSR count). The van der Waals surface area contributed by atoms with Crippen LogP contribution in [-0.2, 0) is 0 Å². The molecular weight excluding hydrogens is 224 g/mol. The van der Waals surface area contributed by atoms with Crippen LogP contribution >= 0.6 is 0 Å². The first kappa shape index (κ1) is 12.4. The van der Waals surface area contributed by atoms with Gasteiger partial charge in [-0.1, -0.05) is 13.8 Å². The predicted octanol–water partition coefficient (Wildman–Crippen LogP) is 3.22. The number of aromatic nitrogens is 4. The van der Waals surface area contributed by atoms with Gasteiger partial charge in [0.05, 0.1) is 23.4 Å². The first-order chi connectivity index (χ1) is 8.72. The van der Waals surface area contributed by atoms with E-state index in [4.69, 9.17) is 0 Å². The van der Waals surface area contributed by atoms with Crippen LogP contribution in [0.25, 0.3) is 22.1 Å². The Hall–Kier alpha value is -2.10. The second kappa shape index (κ2) is 5.04. The van der Waals surface area contributed by atoms with Crippen LogP contribution in [0.15, 0.2) is 24.5 Å². The summed E-state index contributed by atoms with van der Waals surface area (Å²) in [5.74, 6) is 0. The van der Waals surface area contributed by atoms with Crippen molar-refractivity contribution in [2.24, 2.45) is 0 Å². The zero-order chi connectivity index (χ0) is 13.1. The molecule has 3 aromatic heterocycles. The van der Waals surface area contributed by atoms with Crippen molar-refractivity contribution in [3.8, 4) is 0 Å². The molecule has 0 aliphatic carbocycles. The number of nitrogens with zero attached hydrogens (tertiary/aromatic N) is 4. The second-order valence-electron chi connectivity index (χ2n) is 3.85. The molecule has 0 N–H and O–H groups in total. The zero-order valence-electron chi connectivity index (χ0n) is 11.1. The Kier molecular flexibility index (Phi) is 3.46. The summed E-state index contributed by atoms with van der Waals surface area (Å²) in [6.07, 6.45) is 3.51. The van der Waals surface area contributed by atoms with E-state index in [1.165, 1.54) is 0 Å². The van der Waals surface area contributed by atoms with Gasteiger partial charge in [-0.25, -0.2) is 9.97 Å². The number of aryl methyl sites for hydroxylation is 2. The van der Waals surface area contributed by atoms with Crippen LogP contribution in [0, 0.1) is 13.8 Å². The molecular formula is C14H16N4. The third kappa shape index (κ3) is 2.27. The molecule has 3 heterocycles. The van der Waals surface area contributed by atoms with Crippen molar-refractivity contribution in [1.82, 2.24) is 19.9 Å². The molecule has 0 amide bonds. The van der Waals surface area contributed by atoms with Crippen LogP contribution in [0.2, 0.25) is 0 Å². The minimum absolute atomic E-state index is 0.823. The highest BCUT2D eigenvalue weighted by Gasteiger charge is 2.02. The maximum absolute atomic E-state index is 4.51. The fourth-order valence-electron chi connectivity index (χ4n) is 1.69. The Morgan fingerprint density at radius 2 is 1.06 bits per heavy atom. The van der Waals surface area contributed by atoms with Gasteiger partial charge in [-0.2, -0.15) is 0 Å². The van der Waals surface area contributed by atoms with E-state index in [1.54, 1.807) is 12.4 Å². The van der Waals surface area contributed by atoms with Crippen LogP contribution in [0.4, 0.5) is 0 Å². The van der Waals surface area contributed by atoms with Gasteiger partial charge in [-0.05, 0) is 26.0 Å². The van der Waals surface area contributed by atoms with E-state index in [0.29, 0.717) is 0 Å². The van der Waals surface area contributed by atoms with Crippen molar-refractivity contribution < 1.29 is 0 Å². The highest BCUT2D eigenvalue weighted by Crippen LogP contribution is 2.15. The molecule has 0 aliphatic rings. The Bertz CT molecular complexity index is 630. The van der Waals surface area contributed by atoms with Gasteiger partial charge in [-0.15, -0.1) is 0 Å². The van der Waals surface area contributed by atoms with Crippen LogP contribution in [0.5, 0.6) is 0 Å². The fourth-order valence-corrected chi connectivity index (χ4v) is 1.69. The van der Waals surface area contributed by atoms with Gasteiger partial charge < -0.3 is 0 Å². The van der Waals surface area contributed by atoms with Crippen molar-refractivity contribution in [3.05, 3.63) is 35.9 Å². The molecule has 92 valence electrons. The molecule has 0 saturated carbocycles. The summed E-state index contributed by atoms with van der Waals surface area (Å²) in [4.78, 5) is 17.5. The van der Waals surface area contributed by atoms with Crippen molar-refractivity contribution >= 4 is 22.1 Å². The van der Waals surface area contributed by atoms with E-state index in [1.807, 2.05) is 39.8 Å². The van der Waals surface area contributed by atoms with Gasteiger partial charge in [-0.3, -0.25) is 9.97 Å². The highest BCUT2D eigenvalue weighted by atomic mass is 14.9. The summed E-state index contributed by atoms with van der Waals surface area (Å²) in [6.45, 7) is 7.89. The summed E-state index contributed by atoms with van der Waals surface area (Å²) in [7, 11) is 0. The van der Waals surface area contributed by atoms with Gasteiger partial charge in [0.1, 0.15) is 11.0 Å². The van der Waals surface area contributed by atoms with E-state index in [9.17, 15) is 0 Å². The molecule has 0 spiro atoms. The second-order valence-corrected chi connectivity index (χ2v) is 3.85. The molecule has 0 unspecified atom stereocenters. The molecule has 0 aliphatic heterocycles. The number of fused-ring (bicyclic) bond motifs is 2. The first-order valence-electron chi connectivity index (χ1n) is 6.09. The fraction of sp³-hybridized carbons (Fsp3) is 0.286. The molecule has 4 nitrogen and oxygen atoms in total. The number of hydrogen-bond acceptors (Lipinski definition) is 4. The average molecular weight is 240 g/mol. The lowest BCUT2D eigenvalue weighted by Crippen LogP contribution is -1.92.